The molecule has 0 bridgehead atoms. The first-order chi connectivity index (χ1) is 12.1. The summed E-state index contributed by atoms with van der Waals surface area (Å²) in [5.41, 5.74) is 0.894. The van der Waals surface area contributed by atoms with Crippen LogP contribution in [0.3, 0.4) is 0 Å². The molecule has 25 heavy (non-hydrogen) atoms. The fourth-order valence-corrected chi connectivity index (χ4v) is 4.90. The minimum absolute atomic E-state index is 0.0377. The van der Waals surface area contributed by atoms with Crippen molar-refractivity contribution in [1.82, 2.24) is 10.2 Å². The molecule has 0 unspecified atom stereocenters. The fourth-order valence-electron chi connectivity index (χ4n) is 3.89. The Morgan fingerprint density at radius 3 is 2.52 bits per heavy atom. The molecule has 1 aromatic heterocycles. The van der Waals surface area contributed by atoms with Crippen LogP contribution in [0.4, 0.5) is 0 Å². The second kappa shape index (κ2) is 6.46. The van der Waals surface area contributed by atoms with E-state index in [0.717, 1.165) is 24.8 Å². The number of piperidine rings is 1. The standard InChI is InChI=1S/C19H19ClN2O2S/c20-16-7-6-15(25-16)18(24)22-10-8-19(9-11-22)12-14(17(23)21-19)13-4-2-1-3-5-13/h1-7,14H,8-12H2,(H,21,23)/t14-/m0/s1. The molecule has 2 aliphatic heterocycles. The molecular formula is C19H19ClN2O2S. The van der Waals surface area contributed by atoms with Gasteiger partial charge in [0.15, 0.2) is 0 Å². The highest BCUT2D eigenvalue weighted by atomic mass is 35.5. The highest BCUT2D eigenvalue weighted by molar-refractivity contribution is 7.17. The van der Waals surface area contributed by atoms with Crippen LogP contribution in [0.1, 0.15) is 40.4 Å². The highest BCUT2D eigenvalue weighted by Crippen LogP contribution is 2.39. The van der Waals surface area contributed by atoms with E-state index in [-0.39, 0.29) is 23.3 Å². The minimum Gasteiger partial charge on any atom is -0.350 e. The van der Waals surface area contributed by atoms with Crippen molar-refractivity contribution in [2.75, 3.05) is 13.1 Å². The maximum atomic E-state index is 12.6. The molecule has 3 heterocycles. The summed E-state index contributed by atoms with van der Waals surface area (Å²) in [6.07, 6.45) is 2.41. The molecule has 2 saturated heterocycles. The Labute approximate surface area is 155 Å². The summed E-state index contributed by atoms with van der Waals surface area (Å²) in [5.74, 6) is 0.0613. The van der Waals surface area contributed by atoms with E-state index >= 15 is 0 Å². The number of carbonyl (C=O) groups excluding carboxylic acids is 2. The van der Waals surface area contributed by atoms with Gasteiger partial charge in [0.25, 0.3) is 5.91 Å². The molecule has 4 nitrogen and oxygen atoms in total. The van der Waals surface area contributed by atoms with Crippen LogP contribution >= 0.6 is 22.9 Å². The van der Waals surface area contributed by atoms with E-state index in [9.17, 15) is 9.59 Å². The Kier molecular flexibility index (Phi) is 4.29. The molecule has 1 spiro atoms. The van der Waals surface area contributed by atoms with E-state index in [1.807, 2.05) is 35.2 Å². The van der Waals surface area contributed by atoms with Crippen LogP contribution in [-0.2, 0) is 4.79 Å². The zero-order valence-corrected chi connectivity index (χ0v) is 15.3. The van der Waals surface area contributed by atoms with Crippen LogP contribution in [0.5, 0.6) is 0 Å². The van der Waals surface area contributed by atoms with Crippen molar-refractivity contribution < 1.29 is 9.59 Å². The summed E-state index contributed by atoms with van der Waals surface area (Å²) in [6.45, 7) is 1.33. The SMILES string of the molecule is O=C1NC2(CCN(C(=O)c3ccc(Cl)s3)CC2)C[C@H]1c1ccccc1. The van der Waals surface area contributed by atoms with E-state index < -0.39 is 0 Å². The molecular weight excluding hydrogens is 356 g/mol. The van der Waals surface area contributed by atoms with Gasteiger partial charge in [0.1, 0.15) is 0 Å². The van der Waals surface area contributed by atoms with Crippen molar-refractivity contribution in [2.24, 2.45) is 0 Å². The molecule has 0 aliphatic carbocycles. The van der Waals surface area contributed by atoms with Gasteiger partial charge >= 0.3 is 0 Å². The summed E-state index contributed by atoms with van der Waals surface area (Å²) in [4.78, 5) is 27.6. The van der Waals surface area contributed by atoms with Crippen LogP contribution in [0.25, 0.3) is 0 Å². The van der Waals surface area contributed by atoms with Gasteiger partial charge in [-0.3, -0.25) is 9.59 Å². The first kappa shape index (κ1) is 16.6. The molecule has 6 heteroatoms. The molecule has 4 rings (SSSR count). The van der Waals surface area contributed by atoms with Gasteiger partial charge in [0, 0.05) is 18.6 Å². The van der Waals surface area contributed by atoms with Gasteiger partial charge in [-0.2, -0.15) is 0 Å². The number of rotatable bonds is 2. The number of hydrogen-bond acceptors (Lipinski definition) is 3. The van der Waals surface area contributed by atoms with E-state index in [0.29, 0.717) is 22.3 Å². The Balaban J connectivity index is 1.43. The van der Waals surface area contributed by atoms with E-state index in [2.05, 4.69) is 5.32 Å². The quantitative estimate of drug-likeness (QED) is 0.871. The van der Waals surface area contributed by atoms with Crippen LogP contribution in [-0.4, -0.2) is 35.3 Å². The van der Waals surface area contributed by atoms with Crippen LogP contribution < -0.4 is 5.32 Å². The summed E-state index contributed by atoms with van der Waals surface area (Å²) >= 11 is 7.25. The molecule has 0 saturated carbocycles. The monoisotopic (exact) mass is 374 g/mol. The van der Waals surface area contributed by atoms with Gasteiger partial charge in [-0.05, 0) is 37.0 Å². The second-order valence-corrected chi connectivity index (χ2v) is 8.55. The van der Waals surface area contributed by atoms with Crippen molar-refractivity contribution in [3.8, 4) is 0 Å². The van der Waals surface area contributed by atoms with Gasteiger partial charge in [0.2, 0.25) is 5.91 Å². The third-order valence-corrected chi connectivity index (χ3v) is 6.51. The van der Waals surface area contributed by atoms with Crippen molar-refractivity contribution in [3.63, 3.8) is 0 Å². The largest absolute Gasteiger partial charge is 0.350 e. The van der Waals surface area contributed by atoms with Gasteiger partial charge in [-0.1, -0.05) is 41.9 Å². The zero-order chi connectivity index (χ0) is 17.4. The Morgan fingerprint density at radius 2 is 1.88 bits per heavy atom. The molecule has 2 amide bonds. The van der Waals surface area contributed by atoms with Crippen molar-refractivity contribution in [2.45, 2.75) is 30.7 Å². The van der Waals surface area contributed by atoms with Gasteiger partial charge < -0.3 is 10.2 Å². The Hall–Kier alpha value is -1.85. The van der Waals surface area contributed by atoms with Gasteiger partial charge in [-0.15, -0.1) is 11.3 Å². The maximum Gasteiger partial charge on any atom is 0.263 e. The average molecular weight is 375 g/mol. The molecule has 2 aromatic rings. The summed E-state index contributed by atoms with van der Waals surface area (Å²) in [7, 11) is 0. The number of carbonyl (C=O) groups is 2. The topological polar surface area (TPSA) is 49.4 Å². The number of nitrogens with zero attached hydrogens (tertiary/aromatic N) is 1. The molecule has 1 N–H and O–H groups in total. The normalized spacial score (nSPS) is 22.2. The lowest BCUT2D eigenvalue weighted by molar-refractivity contribution is -0.121. The smallest absolute Gasteiger partial charge is 0.263 e. The van der Waals surface area contributed by atoms with E-state index in [4.69, 9.17) is 11.6 Å². The lowest BCUT2D eigenvalue weighted by Gasteiger charge is -2.39. The number of halogens is 1. The lowest BCUT2D eigenvalue weighted by atomic mass is 9.82. The predicted molar refractivity (Wildman–Crippen MR) is 99.1 cm³/mol. The third kappa shape index (κ3) is 3.18. The number of amides is 2. The van der Waals surface area contributed by atoms with E-state index in [1.165, 1.54) is 11.3 Å². The lowest BCUT2D eigenvalue weighted by Crippen LogP contribution is -2.52. The molecule has 0 radical (unpaired) electrons. The Morgan fingerprint density at radius 1 is 1.16 bits per heavy atom. The second-order valence-electron chi connectivity index (χ2n) is 6.83. The maximum absolute atomic E-state index is 12.6. The number of likely N-dealkylation sites (tertiary alicyclic amines) is 1. The summed E-state index contributed by atoms with van der Waals surface area (Å²) < 4.78 is 0.630. The summed E-state index contributed by atoms with van der Waals surface area (Å²) in [6, 6.07) is 13.5. The zero-order valence-electron chi connectivity index (χ0n) is 13.7. The van der Waals surface area contributed by atoms with Crippen LogP contribution in [0, 0.1) is 0 Å². The van der Waals surface area contributed by atoms with Crippen LogP contribution in [0.15, 0.2) is 42.5 Å². The van der Waals surface area contributed by atoms with Crippen molar-refractivity contribution >= 4 is 34.8 Å². The molecule has 1 aromatic carbocycles. The molecule has 2 aliphatic rings. The third-order valence-electron chi connectivity index (χ3n) is 5.29. The van der Waals surface area contributed by atoms with E-state index in [1.54, 1.807) is 12.1 Å². The number of benzene rings is 1. The molecule has 130 valence electrons. The van der Waals surface area contributed by atoms with Crippen LogP contribution in [0.2, 0.25) is 4.34 Å². The average Bonchev–Trinajstić information content (AvgIpc) is 3.20. The van der Waals surface area contributed by atoms with Crippen molar-refractivity contribution in [3.05, 3.63) is 57.2 Å². The summed E-state index contributed by atoms with van der Waals surface area (Å²) in [5, 5.41) is 3.23. The Bertz CT molecular complexity index is 797. The molecule has 2 fully saturated rings. The number of nitrogens with one attached hydrogen (secondary N) is 1. The predicted octanol–water partition coefficient (Wildman–Crippen LogP) is 3.68. The number of hydrogen-bond donors (Lipinski definition) is 1. The fraction of sp³-hybridized carbons (Fsp3) is 0.368. The number of thiophene rings is 1. The molecule has 1 atom stereocenters. The first-order valence-electron chi connectivity index (χ1n) is 8.48. The first-order valence-corrected chi connectivity index (χ1v) is 9.67. The van der Waals surface area contributed by atoms with Gasteiger partial charge in [0.05, 0.1) is 15.1 Å². The highest BCUT2D eigenvalue weighted by Gasteiger charge is 2.46. The van der Waals surface area contributed by atoms with Crippen molar-refractivity contribution in [1.29, 1.82) is 0 Å². The minimum atomic E-state index is -0.179. The van der Waals surface area contributed by atoms with Gasteiger partial charge in [-0.25, -0.2) is 0 Å².